The van der Waals surface area contributed by atoms with Gasteiger partial charge in [-0.05, 0) is 32.4 Å². The molecular weight excluding hydrogens is 301 g/mol. The Morgan fingerprint density at radius 1 is 1.39 bits per heavy atom. The predicted octanol–water partition coefficient (Wildman–Crippen LogP) is 3.42. The number of likely N-dealkylation sites (tertiary alicyclic amines) is 1. The second kappa shape index (κ2) is 8.67. The van der Waals surface area contributed by atoms with Crippen LogP contribution in [0.15, 0.2) is 12.1 Å². The van der Waals surface area contributed by atoms with E-state index in [0.717, 1.165) is 38.5 Å². The number of hydrogen-bond acceptors (Lipinski definition) is 5. The van der Waals surface area contributed by atoms with Crippen molar-refractivity contribution in [2.45, 2.75) is 32.6 Å². The Bertz CT molecular complexity index is 534. The molecule has 0 spiro atoms. The molecule has 1 fully saturated rings. The Morgan fingerprint density at radius 2 is 2.13 bits per heavy atom. The molecule has 0 aliphatic carbocycles. The van der Waals surface area contributed by atoms with Gasteiger partial charge in [-0.1, -0.05) is 13.3 Å². The van der Waals surface area contributed by atoms with E-state index in [2.05, 4.69) is 10.2 Å². The van der Waals surface area contributed by atoms with Gasteiger partial charge in [0.05, 0.1) is 4.92 Å². The fourth-order valence-electron chi connectivity index (χ4n) is 2.68. The van der Waals surface area contributed by atoms with E-state index in [1.165, 1.54) is 18.9 Å². The molecule has 0 atom stereocenters. The van der Waals surface area contributed by atoms with Crippen LogP contribution in [0.4, 0.5) is 15.8 Å². The summed E-state index contributed by atoms with van der Waals surface area (Å²) in [4.78, 5) is 12.6. The van der Waals surface area contributed by atoms with Crippen LogP contribution in [0.5, 0.6) is 5.75 Å². The molecule has 1 aromatic rings. The Morgan fingerprint density at radius 3 is 2.78 bits per heavy atom. The number of anilines is 1. The standard InChI is InChI=1S/C16H24FN3O3/c1-2-3-6-18-15-12-13(11-14(17)16(15)20(21)22)23-10-9-19-7-4-5-8-19/h11-12,18H,2-10H2,1H3. The van der Waals surface area contributed by atoms with E-state index >= 15 is 0 Å². The lowest BCUT2D eigenvalue weighted by Crippen LogP contribution is -2.25. The number of nitro benzene ring substituents is 1. The minimum absolute atomic E-state index is 0.180. The molecule has 0 amide bonds. The van der Waals surface area contributed by atoms with Gasteiger partial charge in [0.1, 0.15) is 18.0 Å². The van der Waals surface area contributed by atoms with Crippen LogP contribution in [0.25, 0.3) is 0 Å². The zero-order valence-corrected chi connectivity index (χ0v) is 13.5. The van der Waals surface area contributed by atoms with Gasteiger partial charge in [-0.25, -0.2) is 0 Å². The molecule has 1 aliphatic rings. The highest BCUT2D eigenvalue weighted by Crippen LogP contribution is 2.32. The lowest BCUT2D eigenvalue weighted by molar-refractivity contribution is -0.386. The molecular formula is C16H24FN3O3. The molecule has 23 heavy (non-hydrogen) atoms. The van der Waals surface area contributed by atoms with Crippen LogP contribution in [-0.4, -0.2) is 42.6 Å². The van der Waals surface area contributed by atoms with Gasteiger partial charge in [0, 0.05) is 25.2 Å². The molecule has 1 aliphatic heterocycles. The number of unbranched alkanes of at least 4 members (excludes halogenated alkanes) is 1. The average Bonchev–Trinajstić information content (AvgIpc) is 3.00. The smallest absolute Gasteiger partial charge is 0.327 e. The zero-order chi connectivity index (χ0) is 16.7. The van der Waals surface area contributed by atoms with Crippen molar-refractivity contribution in [1.29, 1.82) is 0 Å². The van der Waals surface area contributed by atoms with E-state index in [9.17, 15) is 14.5 Å². The maximum Gasteiger partial charge on any atom is 0.327 e. The molecule has 1 saturated heterocycles. The number of nitrogens with one attached hydrogen (secondary N) is 1. The number of nitrogens with zero attached hydrogens (tertiary/aromatic N) is 2. The molecule has 2 rings (SSSR count). The topological polar surface area (TPSA) is 67.6 Å². The number of hydrogen-bond donors (Lipinski definition) is 1. The summed E-state index contributed by atoms with van der Waals surface area (Å²) in [5, 5.41) is 14.0. The third-order valence-electron chi connectivity index (χ3n) is 3.94. The SMILES string of the molecule is CCCCNc1cc(OCCN2CCCC2)cc(F)c1[N+](=O)[O-]. The minimum Gasteiger partial charge on any atom is -0.492 e. The predicted molar refractivity (Wildman–Crippen MR) is 87.6 cm³/mol. The molecule has 6 nitrogen and oxygen atoms in total. The van der Waals surface area contributed by atoms with E-state index in [1.54, 1.807) is 0 Å². The largest absolute Gasteiger partial charge is 0.492 e. The highest BCUT2D eigenvalue weighted by Gasteiger charge is 2.22. The van der Waals surface area contributed by atoms with Crippen LogP contribution in [0.1, 0.15) is 32.6 Å². The number of ether oxygens (including phenoxy) is 1. The Kier molecular flexibility index (Phi) is 6.58. The second-order valence-corrected chi connectivity index (χ2v) is 5.74. The third kappa shape index (κ3) is 5.06. The zero-order valence-electron chi connectivity index (χ0n) is 13.5. The van der Waals surface area contributed by atoms with Crippen LogP contribution < -0.4 is 10.1 Å². The summed E-state index contributed by atoms with van der Waals surface area (Å²) in [5.74, 6) is -0.543. The summed E-state index contributed by atoms with van der Waals surface area (Å²) in [6, 6.07) is 2.61. The Hall–Kier alpha value is -1.89. The van der Waals surface area contributed by atoms with Gasteiger partial charge < -0.3 is 10.1 Å². The minimum atomic E-state index is -0.868. The van der Waals surface area contributed by atoms with Crippen molar-refractivity contribution < 1.29 is 14.1 Å². The van der Waals surface area contributed by atoms with Crippen molar-refractivity contribution >= 4 is 11.4 Å². The van der Waals surface area contributed by atoms with Gasteiger partial charge in [0.15, 0.2) is 0 Å². The Labute approximate surface area is 135 Å². The van der Waals surface area contributed by atoms with Crippen molar-refractivity contribution in [2.24, 2.45) is 0 Å². The summed E-state index contributed by atoms with van der Waals surface area (Å²) >= 11 is 0. The van der Waals surface area contributed by atoms with E-state index in [4.69, 9.17) is 4.74 Å². The molecule has 1 N–H and O–H groups in total. The van der Waals surface area contributed by atoms with E-state index in [0.29, 0.717) is 18.9 Å². The highest BCUT2D eigenvalue weighted by atomic mass is 19.1. The van der Waals surface area contributed by atoms with Crippen molar-refractivity contribution in [3.63, 3.8) is 0 Å². The first-order chi connectivity index (χ1) is 11.1. The molecule has 0 radical (unpaired) electrons. The van der Waals surface area contributed by atoms with Crippen molar-refractivity contribution in [2.75, 3.05) is 38.1 Å². The average molecular weight is 325 g/mol. The highest BCUT2D eigenvalue weighted by molar-refractivity contribution is 5.65. The van der Waals surface area contributed by atoms with E-state index in [-0.39, 0.29) is 5.69 Å². The third-order valence-corrected chi connectivity index (χ3v) is 3.94. The normalized spacial score (nSPS) is 14.9. The first-order valence-corrected chi connectivity index (χ1v) is 8.18. The molecule has 0 saturated carbocycles. The number of halogens is 1. The first kappa shape index (κ1) is 17.5. The van der Waals surface area contributed by atoms with Crippen LogP contribution in [0.3, 0.4) is 0 Å². The molecule has 128 valence electrons. The summed E-state index contributed by atoms with van der Waals surface area (Å²) in [6.07, 6.45) is 4.23. The molecule has 0 aromatic heterocycles. The maximum atomic E-state index is 14.0. The summed E-state index contributed by atoms with van der Waals surface area (Å²) in [7, 11) is 0. The lowest BCUT2D eigenvalue weighted by atomic mass is 10.2. The van der Waals surface area contributed by atoms with Gasteiger partial charge in [0.2, 0.25) is 5.82 Å². The second-order valence-electron chi connectivity index (χ2n) is 5.74. The van der Waals surface area contributed by atoms with Crippen LogP contribution in [-0.2, 0) is 0 Å². The molecule has 7 heteroatoms. The number of benzene rings is 1. The first-order valence-electron chi connectivity index (χ1n) is 8.18. The molecule has 1 aromatic carbocycles. The van der Waals surface area contributed by atoms with Crippen molar-refractivity contribution in [3.8, 4) is 5.75 Å². The van der Waals surface area contributed by atoms with Gasteiger partial charge >= 0.3 is 5.69 Å². The fraction of sp³-hybridized carbons (Fsp3) is 0.625. The van der Waals surface area contributed by atoms with Crippen molar-refractivity contribution in [3.05, 3.63) is 28.1 Å². The quantitative estimate of drug-likeness (QED) is 0.428. The van der Waals surface area contributed by atoms with E-state index < -0.39 is 16.4 Å². The summed E-state index contributed by atoms with van der Waals surface area (Å²) < 4.78 is 19.6. The molecule has 0 bridgehead atoms. The molecule has 0 unspecified atom stereocenters. The van der Waals surface area contributed by atoms with Gasteiger partial charge in [-0.3, -0.25) is 15.0 Å². The van der Waals surface area contributed by atoms with Crippen LogP contribution in [0, 0.1) is 15.9 Å². The van der Waals surface area contributed by atoms with E-state index in [1.807, 2.05) is 6.92 Å². The molecule has 1 heterocycles. The Balaban J connectivity index is 2.02. The monoisotopic (exact) mass is 325 g/mol. The summed E-state index contributed by atoms with van der Waals surface area (Å²) in [5.41, 5.74) is -0.340. The van der Waals surface area contributed by atoms with Crippen LogP contribution in [0.2, 0.25) is 0 Å². The van der Waals surface area contributed by atoms with Crippen LogP contribution >= 0.6 is 0 Å². The maximum absolute atomic E-state index is 14.0. The van der Waals surface area contributed by atoms with Gasteiger partial charge in [0.25, 0.3) is 0 Å². The number of nitro groups is 1. The van der Waals surface area contributed by atoms with Gasteiger partial charge in [-0.15, -0.1) is 0 Å². The van der Waals surface area contributed by atoms with Crippen molar-refractivity contribution in [1.82, 2.24) is 4.90 Å². The fourth-order valence-corrected chi connectivity index (χ4v) is 2.68. The lowest BCUT2D eigenvalue weighted by Gasteiger charge is -2.15. The number of rotatable bonds is 9. The van der Waals surface area contributed by atoms with Gasteiger partial charge in [-0.2, -0.15) is 4.39 Å². The summed E-state index contributed by atoms with van der Waals surface area (Å²) in [6.45, 7) is 5.97.